The van der Waals surface area contributed by atoms with Gasteiger partial charge in [-0.25, -0.2) is 0 Å². The molecule has 160 valence electrons. The summed E-state index contributed by atoms with van der Waals surface area (Å²) in [4.78, 5) is 50.2. The van der Waals surface area contributed by atoms with Crippen molar-refractivity contribution in [3.8, 4) is 0 Å². The molecule has 5 aromatic carbocycles. The number of benzene rings is 5. The number of carbonyl (C=O) groups is 4. The largest absolute Gasteiger partial charge is 0.294 e. The van der Waals surface area contributed by atoms with E-state index in [-0.39, 0.29) is 36.0 Å². The van der Waals surface area contributed by atoms with Gasteiger partial charge >= 0.3 is 0 Å². The van der Waals surface area contributed by atoms with Gasteiger partial charge < -0.3 is 0 Å². The highest BCUT2D eigenvalue weighted by atomic mass is 16.2. The quantitative estimate of drug-likeness (QED) is 0.155. The number of rotatable bonds is 0. The first-order valence-corrected chi connectivity index (χ1v) is 11.3. The molecule has 0 unspecified atom stereocenters. The van der Waals surface area contributed by atoms with Gasteiger partial charge in [0.15, 0.2) is 23.1 Å². The van der Waals surface area contributed by atoms with Crippen LogP contribution < -0.4 is 0 Å². The fourth-order valence-electron chi connectivity index (χ4n) is 5.49. The van der Waals surface area contributed by atoms with Crippen LogP contribution in [0.15, 0.2) is 48.5 Å². The Labute approximate surface area is 189 Å². The molecule has 0 heterocycles. The first-order chi connectivity index (χ1) is 16.0. The molecule has 5 aromatic rings. The fourth-order valence-corrected chi connectivity index (χ4v) is 5.49. The average molecular weight is 432 g/mol. The Kier molecular flexibility index (Phi) is 4.06. The third-order valence-corrected chi connectivity index (χ3v) is 6.75. The predicted octanol–water partition coefficient (Wildman–Crippen LogP) is 6.69. The summed E-state index contributed by atoms with van der Waals surface area (Å²) in [5.41, 5.74) is 2.35. The molecule has 33 heavy (non-hydrogen) atoms. The molecule has 0 atom stereocenters. The van der Waals surface area contributed by atoms with Gasteiger partial charge in [-0.15, -0.1) is 0 Å². The lowest BCUT2D eigenvalue weighted by atomic mass is 9.79. The summed E-state index contributed by atoms with van der Waals surface area (Å²) in [6.45, 7) is 4.25. The van der Waals surface area contributed by atoms with Crippen molar-refractivity contribution < 1.29 is 19.2 Å². The molecule has 7 rings (SSSR count). The molecule has 0 saturated carbocycles. The first-order valence-electron chi connectivity index (χ1n) is 11.3. The molecule has 4 nitrogen and oxygen atoms in total. The molecular formula is C29H20O4. The Morgan fingerprint density at radius 1 is 0.455 bits per heavy atom. The molecule has 0 bridgehead atoms. The van der Waals surface area contributed by atoms with Gasteiger partial charge in [0.2, 0.25) is 0 Å². The van der Waals surface area contributed by atoms with E-state index in [0.717, 1.165) is 43.1 Å². The second-order valence-corrected chi connectivity index (χ2v) is 8.90. The Hall–Kier alpha value is -3.92. The number of hydrogen-bond acceptors (Lipinski definition) is 4. The minimum atomic E-state index is -0.150. The zero-order valence-electron chi connectivity index (χ0n) is 18.4. The van der Waals surface area contributed by atoms with Crippen LogP contribution in [0.25, 0.3) is 43.1 Å². The smallest absolute Gasteiger partial charge is 0.171 e. The van der Waals surface area contributed by atoms with E-state index in [1.165, 1.54) is 6.42 Å². The van der Waals surface area contributed by atoms with Crippen LogP contribution in [0.1, 0.15) is 74.5 Å². The second kappa shape index (κ2) is 6.79. The summed E-state index contributed by atoms with van der Waals surface area (Å²) in [7, 11) is 0. The number of ketones is 4. The molecule has 2 aliphatic carbocycles. The van der Waals surface area contributed by atoms with E-state index in [9.17, 15) is 19.2 Å². The van der Waals surface area contributed by atoms with Crippen molar-refractivity contribution in [3.05, 3.63) is 70.8 Å². The predicted molar refractivity (Wildman–Crippen MR) is 130 cm³/mol. The van der Waals surface area contributed by atoms with E-state index < -0.39 is 0 Å². The lowest BCUT2D eigenvalue weighted by Gasteiger charge is -2.23. The highest BCUT2D eigenvalue weighted by Gasteiger charge is 2.30. The van der Waals surface area contributed by atoms with Gasteiger partial charge in [-0.2, -0.15) is 0 Å². The van der Waals surface area contributed by atoms with Crippen LogP contribution in [-0.4, -0.2) is 23.1 Å². The number of carbonyl (C=O) groups excluding carboxylic acids is 4. The molecule has 4 heteroatoms. The van der Waals surface area contributed by atoms with Crippen LogP contribution >= 0.6 is 0 Å². The monoisotopic (exact) mass is 432 g/mol. The van der Waals surface area contributed by atoms with Gasteiger partial charge in [-0.05, 0) is 32.3 Å². The minimum absolute atomic E-state index is 0.0933. The summed E-state index contributed by atoms with van der Waals surface area (Å²) >= 11 is 0. The standard InChI is InChI=1S/C26H12O4.C3H8/c27-19-9-20(28)16-7-3-13-14-4-8-18-22(30)10-21(29)17-6-2-12(24(14)26(17)18)11-1-5-15(19)25(16)23(11)13;1-3-2/h1-8H,9-10H2;3H2,1-2H3. The fraction of sp³-hybridized carbons (Fsp3) is 0.172. The summed E-state index contributed by atoms with van der Waals surface area (Å²) in [5.74, 6) is -0.598. The molecule has 0 amide bonds. The van der Waals surface area contributed by atoms with Gasteiger partial charge in [0.05, 0.1) is 12.8 Å². The molecule has 0 aromatic heterocycles. The van der Waals surface area contributed by atoms with Crippen molar-refractivity contribution in [3.63, 3.8) is 0 Å². The van der Waals surface area contributed by atoms with E-state index in [1.54, 1.807) is 24.3 Å². The number of Topliss-reactive ketones (excluding diaryl/α,β-unsaturated/α-hetero) is 4. The van der Waals surface area contributed by atoms with Crippen LogP contribution in [0.5, 0.6) is 0 Å². The lowest BCUT2D eigenvalue weighted by molar-refractivity contribution is 0.0874. The molecule has 2 aliphatic rings. The molecule has 0 saturated heterocycles. The van der Waals surface area contributed by atoms with E-state index in [0.29, 0.717) is 22.3 Å². The highest BCUT2D eigenvalue weighted by molar-refractivity contribution is 6.41. The lowest BCUT2D eigenvalue weighted by Crippen LogP contribution is -2.17. The third kappa shape index (κ3) is 2.46. The maximum Gasteiger partial charge on any atom is 0.171 e. The second-order valence-electron chi connectivity index (χ2n) is 8.90. The molecular weight excluding hydrogens is 412 g/mol. The van der Waals surface area contributed by atoms with Crippen molar-refractivity contribution in [2.24, 2.45) is 0 Å². The van der Waals surface area contributed by atoms with E-state index >= 15 is 0 Å². The molecule has 0 fully saturated rings. The van der Waals surface area contributed by atoms with Gasteiger partial charge in [-0.1, -0.05) is 68.8 Å². The molecule has 0 spiro atoms. The van der Waals surface area contributed by atoms with Crippen molar-refractivity contribution in [2.75, 3.05) is 0 Å². The minimum Gasteiger partial charge on any atom is -0.294 e. The Balaban J connectivity index is 0.000000655. The Morgan fingerprint density at radius 2 is 0.697 bits per heavy atom. The summed E-state index contributed by atoms with van der Waals surface area (Å²) < 4.78 is 0. The zero-order chi connectivity index (χ0) is 23.0. The van der Waals surface area contributed by atoms with Gasteiger partial charge in [0, 0.05) is 33.0 Å². The van der Waals surface area contributed by atoms with Gasteiger partial charge in [0.25, 0.3) is 0 Å². The first kappa shape index (κ1) is 19.7. The van der Waals surface area contributed by atoms with E-state index in [1.807, 2.05) is 24.3 Å². The summed E-state index contributed by atoms with van der Waals surface area (Å²) in [5, 5.41) is 6.94. The van der Waals surface area contributed by atoms with Gasteiger partial charge in [-0.3, -0.25) is 19.2 Å². The average Bonchev–Trinajstić information content (AvgIpc) is 2.80. The SMILES string of the molecule is CCC.O=C1CC(=O)c2ccc3c4ccc5c6c(ccc(c7ccc1c2c73)c64)C(=O)CC5=O. The topological polar surface area (TPSA) is 68.3 Å². The molecule has 0 aliphatic heterocycles. The third-order valence-electron chi connectivity index (χ3n) is 6.75. The summed E-state index contributed by atoms with van der Waals surface area (Å²) in [6.07, 6.45) is 1.06. The van der Waals surface area contributed by atoms with Crippen molar-refractivity contribution >= 4 is 66.2 Å². The van der Waals surface area contributed by atoms with E-state index in [2.05, 4.69) is 13.8 Å². The zero-order valence-corrected chi connectivity index (χ0v) is 18.4. The number of hydrogen-bond donors (Lipinski definition) is 0. The van der Waals surface area contributed by atoms with Crippen molar-refractivity contribution in [2.45, 2.75) is 33.1 Å². The van der Waals surface area contributed by atoms with Crippen LogP contribution in [0.4, 0.5) is 0 Å². The van der Waals surface area contributed by atoms with Crippen LogP contribution in [0, 0.1) is 0 Å². The molecule has 0 radical (unpaired) electrons. The van der Waals surface area contributed by atoms with E-state index in [4.69, 9.17) is 0 Å². The van der Waals surface area contributed by atoms with Crippen LogP contribution in [-0.2, 0) is 0 Å². The Morgan fingerprint density at radius 3 is 0.939 bits per heavy atom. The highest BCUT2D eigenvalue weighted by Crippen LogP contribution is 2.45. The summed E-state index contributed by atoms with van der Waals surface area (Å²) in [6, 6.07) is 14.9. The number of fused-ring (bicyclic) bond motifs is 2. The van der Waals surface area contributed by atoms with Gasteiger partial charge in [0.1, 0.15) is 0 Å². The van der Waals surface area contributed by atoms with Crippen LogP contribution in [0.2, 0.25) is 0 Å². The van der Waals surface area contributed by atoms with Crippen molar-refractivity contribution in [1.82, 2.24) is 0 Å². The van der Waals surface area contributed by atoms with Crippen LogP contribution in [0.3, 0.4) is 0 Å². The Bertz CT molecular complexity index is 1480. The van der Waals surface area contributed by atoms with Crippen molar-refractivity contribution in [1.29, 1.82) is 0 Å². The molecule has 0 N–H and O–H groups in total. The maximum absolute atomic E-state index is 12.6. The normalized spacial score (nSPS) is 15.1. The maximum atomic E-state index is 12.6.